The van der Waals surface area contributed by atoms with Gasteiger partial charge in [0.25, 0.3) is 0 Å². The third-order valence-corrected chi connectivity index (χ3v) is 5.28. The van der Waals surface area contributed by atoms with Crippen molar-refractivity contribution >= 4 is 11.8 Å². The van der Waals surface area contributed by atoms with Gasteiger partial charge in [-0.3, -0.25) is 0 Å². The minimum Gasteiger partial charge on any atom is -0.444 e. The molecule has 2 saturated carbocycles. The van der Waals surface area contributed by atoms with Gasteiger partial charge in [0.2, 0.25) is 0 Å². The van der Waals surface area contributed by atoms with E-state index in [4.69, 9.17) is 4.74 Å². The van der Waals surface area contributed by atoms with Crippen LogP contribution in [0.25, 0.3) is 0 Å². The van der Waals surface area contributed by atoms with Crippen LogP contribution >= 0.6 is 0 Å². The van der Waals surface area contributed by atoms with Crippen molar-refractivity contribution in [3.05, 3.63) is 30.3 Å². The summed E-state index contributed by atoms with van der Waals surface area (Å²) in [6.07, 6.45) is 6.82. The lowest BCUT2D eigenvalue weighted by atomic mass is 9.89. The fraction of sp³-hybridized carbons (Fsp3) is 0.667. The Kier molecular flexibility index (Phi) is 5.26. The van der Waals surface area contributed by atoms with Crippen molar-refractivity contribution < 1.29 is 9.53 Å². The van der Waals surface area contributed by atoms with Crippen molar-refractivity contribution in [3.63, 3.8) is 0 Å². The standard InChI is InChI=1S/C21H32N2O2/c1-21(2,3)25-20(24)22(4)16-10-12-18(13-11-16)23(19-14-15-19)17-8-6-5-7-9-17/h5-9,16,18-19H,10-15H2,1-4H3/t16-,18-. The van der Waals surface area contributed by atoms with Gasteiger partial charge in [-0.25, -0.2) is 4.79 Å². The molecular weight excluding hydrogens is 312 g/mol. The van der Waals surface area contributed by atoms with Crippen LogP contribution in [0.3, 0.4) is 0 Å². The van der Waals surface area contributed by atoms with Crippen LogP contribution in [0.1, 0.15) is 59.3 Å². The Morgan fingerprint density at radius 2 is 1.40 bits per heavy atom. The highest BCUT2D eigenvalue weighted by Gasteiger charge is 2.37. The molecule has 0 unspecified atom stereocenters. The molecule has 0 bridgehead atoms. The lowest BCUT2D eigenvalue weighted by Gasteiger charge is -2.41. The molecule has 25 heavy (non-hydrogen) atoms. The van der Waals surface area contributed by atoms with E-state index in [-0.39, 0.29) is 6.09 Å². The summed E-state index contributed by atoms with van der Waals surface area (Å²) in [4.78, 5) is 16.8. The molecule has 1 aromatic carbocycles. The summed E-state index contributed by atoms with van der Waals surface area (Å²) in [5.74, 6) is 0. The molecule has 0 heterocycles. The quantitative estimate of drug-likeness (QED) is 0.784. The first-order valence-corrected chi connectivity index (χ1v) is 9.64. The van der Waals surface area contributed by atoms with E-state index in [1.54, 1.807) is 0 Å². The van der Waals surface area contributed by atoms with E-state index in [1.807, 2.05) is 32.7 Å². The van der Waals surface area contributed by atoms with Crippen LogP contribution in [0.4, 0.5) is 10.5 Å². The largest absolute Gasteiger partial charge is 0.444 e. The second-order valence-electron chi connectivity index (χ2n) is 8.53. The van der Waals surface area contributed by atoms with E-state index in [9.17, 15) is 4.79 Å². The molecule has 138 valence electrons. The molecular formula is C21H32N2O2. The van der Waals surface area contributed by atoms with Gasteiger partial charge in [0.15, 0.2) is 0 Å². The first-order valence-electron chi connectivity index (χ1n) is 9.64. The number of amides is 1. The molecule has 0 aromatic heterocycles. The summed E-state index contributed by atoms with van der Waals surface area (Å²) in [5, 5.41) is 0. The second kappa shape index (κ2) is 7.27. The van der Waals surface area contributed by atoms with Crippen LogP contribution in [0.5, 0.6) is 0 Å². The Labute approximate surface area is 152 Å². The zero-order valence-electron chi connectivity index (χ0n) is 16.1. The van der Waals surface area contributed by atoms with Gasteiger partial charge in [-0.15, -0.1) is 0 Å². The highest BCUT2D eigenvalue weighted by Crippen LogP contribution is 2.38. The highest BCUT2D eigenvalue weighted by atomic mass is 16.6. The number of hydrogen-bond donors (Lipinski definition) is 0. The van der Waals surface area contributed by atoms with Gasteiger partial charge in [-0.05, 0) is 71.4 Å². The zero-order chi connectivity index (χ0) is 18.0. The maximum atomic E-state index is 12.3. The number of carbonyl (C=O) groups excluding carboxylic acids is 1. The lowest BCUT2D eigenvalue weighted by molar-refractivity contribution is 0.0182. The van der Waals surface area contributed by atoms with Crippen LogP contribution < -0.4 is 4.90 Å². The molecule has 0 aliphatic heterocycles. The smallest absolute Gasteiger partial charge is 0.410 e. The Hall–Kier alpha value is -1.71. The zero-order valence-corrected chi connectivity index (χ0v) is 16.1. The second-order valence-corrected chi connectivity index (χ2v) is 8.53. The Balaban J connectivity index is 1.58. The van der Waals surface area contributed by atoms with Gasteiger partial charge in [-0.1, -0.05) is 18.2 Å². The molecule has 0 N–H and O–H groups in total. The molecule has 2 fully saturated rings. The number of anilines is 1. The number of hydrogen-bond acceptors (Lipinski definition) is 3. The van der Waals surface area contributed by atoms with E-state index in [0.29, 0.717) is 18.1 Å². The third kappa shape index (κ3) is 4.68. The van der Waals surface area contributed by atoms with Crippen molar-refractivity contribution in [2.75, 3.05) is 11.9 Å². The molecule has 0 spiro atoms. The van der Waals surface area contributed by atoms with Crippen molar-refractivity contribution in [2.24, 2.45) is 0 Å². The minimum absolute atomic E-state index is 0.196. The van der Waals surface area contributed by atoms with Crippen molar-refractivity contribution in [2.45, 2.75) is 83.0 Å². The third-order valence-electron chi connectivity index (χ3n) is 5.28. The van der Waals surface area contributed by atoms with Crippen LogP contribution in [0.15, 0.2) is 30.3 Å². The Morgan fingerprint density at radius 1 is 0.920 bits per heavy atom. The number of para-hydroxylation sites is 1. The molecule has 0 atom stereocenters. The minimum atomic E-state index is -0.432. The molecule has 2 aliphatic rings. The lowest BCUT2D eigenvalue weighted by Crippen LogP contribution is -2.46. The van der Waals surface area contributed by atoms with Gasteiger partial charge < -0.3 is 14.5 Å². The van der Waals surface area contributed by atoms with Gasteiger partial charge >= 0.3 is 6.09 Å². The fourth-order valence-electron chi connectivity index (χ4n) is 3.88. The van der Waals surface area contributed by atoms with Crippen LogP contribution in [0, 0.1) is 0 Å². The summed E-state index contributed by atoms with van der Waals surface area (Å²) in [5.41, 5.74) is 0.924. The molecule has 0 saturated heterocycles. The summed E-state index contributed by atoms with van der Waals surface area (Å²) in [6.45, 7) is 5.76. The predicted octanol–water partition coefficient (Wildman–Crippen LogP) is 4.83. The van der Waals surface area contributed by atoms with Gasteiger partial charge in [-0.2, -0.15) is 0 Å². The van der Waals surface area contributed by atoms with Crippen LogP contribution in [-0.2, 0) is 4.74 Å². The van der Waals surface area contributed by atoms with Crippen LogP contribution in [-0.4, -0.2) is 41.8 Å². The molecule has 0 radical (unpaired) electrons. The summed E-state index contributed by atoms with van der Waals surface area (Å²) >= 11 is 0. The number of rotatable bonds is 4. The van der Waals surface area contributed by atoms with E-state index < -0.39 is 5.60 Å². The normalized spacial score (nSPS) is 23.8. The average molecular weight is 344 g/mol. The first-order chi connectivity index (χ1) is 11.8. The van der Waals surface area contributed by atoms with Gasteiger partial charge in [0, 0.05) is 30.9 Å². The molecule has 1 amide bonds. The number of ether oxygens (including phenoxy) is 1. The van der Waals surface area contributed by atoms with E-state index in [1.165, 1.54) is 18.5 Å². The van der Waals surface area contributed by atoms with E-state index in [0.717, 1.165) is 25.7 Å². The van der Waals surface area contributed by atoms with E-state index in [2.05, 4.69) is 35.2 Å². The maximum absolute atomic E-state index is 12.3. The fourth-order valence-corrected chi connectivity index (χ4v) is 3.88. The van der Waals surface area contributed by atoms with Crippen LogP contribution in [0.2, 0.25) is 0 Å². The Morgan fingerprint density at radius 3 is 1.88 bits per heavy atom. The van der Waals surface area contributed by atoms with Crippen molar-refractivity contribution in [1.29, 1.82) is 0 Å². The topological polar surface area (TPSA) is 32.8 Å². The Bertz CT molecular complexity index is 569. The number of carbonyl (C=O) groups is 1. The molecule has 4 heteroatoms. The molecule has 3 rings (SSSR count). The van der Waals surface area contributed by atoms with Crippen molar-refractivity contribution in [3.8, 4) is 0 Å². The first kappa shape index (κ1) is 18.1. The van der Waals surface area contributed by atoms with Gasteiger partial charge in [0.05, 0.1) is 0 Å². The predicted molar refractivity (Wildman–Crippen MR) is 102 cm³/mol. The molecule has 1 aromatic rings. The summed E-state index contributed by atoms with van der Waals surface area (Å²) in [7, 11) is 1.88. The van der Waals surface area contributed by atoms with Gasteiger partial charge in [0.1, 0.15) is 5.60 Å². The number of nitrogens with zero attached hydrogens (tertiary/aromatic N) is 2. The molecule has 2 aliphatic carbocycles. The summed E-state index contributed by atoms with van der Waals surface area (Å²) < 4.78 is 5.52. The average Bonchev–Trinajstić information content (AvgIpc) is 3.39. The van der Waals surface area contributed by atoms with E-state index >= 15 is 0 Å². The van der Waals surface area contributed by atoms with Crippen molar-refractivity contribution in [1.82, 2.24) is 4.90 Å². The summed E-state index contributed by atoms with van der Waals surface area (Å²) in [6, 6.07) is 12.4. The number of benzene rings is 1. The SMILES string of the molecule is CN(C(=O)OC(C)(C)C)[C@H]1CC[C@H](N(c2ccccc2)C2CC2)CC1. The monoisotopic (exact) mass is 344 g/mol. The maximum Gasteiger partial charge on any atom is 0.410 e. The molecule has 4 nitrogen and oxygen atoms in total. The highest BCUT2D eigenvalue weighted by molar-refractivity contribution is 5.68.